The van der Waals surface area contributed by atoms with E-state index in [-0.39, 0.29) is 11.4 Å². The van der Waals surface area contributed by atoms with Crippen LogP contribution >= 0.6 is 0 Å². The van der Waals surface area contributed by atoms with E-state index in [9.17, 15) is 14.7 Å². The van der Waals surface area contributed by atoms with E-state index in [1.54, 1.807) is 11.9 Å². The minimum absolute atomic E-state index is 0.0834. The smallest absolute Gasteiger partial charge is 0.407 e. The Bertz CT molecular complexity index is 555. The highest BCUT2D eigenvalue weighted by Crippen LogP contribution is 2.50. The molecule has 1 spiro atoms. The lowest BCUT2D eigenvalue weighted by Gasteiger charge is -2.52. The zero-order valence-electron chi connectivity index (χ0n) is 15.8. The maximum Gasteiger partial charge on any atom is 0.407 e. The maximum atomic E-state index is 12.1. The van der Waals surface area contributed by atoms with Crippen LogP contribution in [0.3, 0.4) is 0 Å². The summed E-state index contributed by atoms with van der Waals surface area (Å²) < 4.78 is 0. The normalized spacial score (nSPS) is 35.7. The number of hydrogen-bond donors (Lipinski definition) is 2. The van der Waals surface area contributed by atoms with E-state index < -0.39 is 6.09 Å². The van der Waals surface area contributed by atoms with Gasteiger partial charge in [-0.15, -0.1) is 0 Å². The fourth-order valence-corrected chi connectivity index (χ4v) is 5.98. The third-order valence-corrected chi connectivity index (χ3v) is 7.45. The summed E-state index contributed by atoms with van der Waals surface area (Å²) in [5.74, 6) is 0.633. The summed E-state index contributed by atoms with van der Waals surface area (Å²) in [7, 11) is 1.72. The van der Waals surface area contributed by atoms with Crippen LogP contribution in [0.1, 0.15) is 44.9 Å². The minimum Gasteiger partial charge on any atom is -0.465 e. The van der Waals surface area contributed by atoms with Crippen molar-refractivity contribution in [2.75, 3.05) is 39.8 Å². The highest BCUT2D eigenvalue weighted by Gasteiger charge is 2.51. The quantitative estimate of drug-likeness (QED) is 0.786. The molecule has 1 atom stereocenters. The number of likely N-dealkylation sites (tertiary alicyclic amines) is 3. The minimum atomic E-state index is -0.761. The van der Waals surface area contributed by atoms with Gasteiger partial charge in [-0.25, -0.2) is 9.59 Å². The predicted octanol–water partition coefficient (Wildman–Crippen LogP) is 2.03. The lowest BCUT2D eigenvalue weighted by atomic mass is 9.64. The van der Waals surface area contributed by atoms with Crippen molar-refractivity contribution in [3.05, 3.63) is 0 Å². The monoisotopic (exact) mass is 364 g/mol. The third-order valence-electron chi connectivity index (χ3n) is 7.45. The molecule has 7 heteroatoms. The van der Waals surface area contributed by atoms with Gasteiger partial charge in [0.15, 0.2) is 0 Å². The molecule has 0 aromatic heterocycles. The van der Waals surface area contributed by atoms with Crippen molar-refractivity contribution in [3.63, 3.8) is 0 Å². The van der Waals surface area contributed by atoms with Crippen molar-refractivity contribution in [2.24, 2.45) is 11.3 Å². The molecule has 3 saturated heterocycles. The van der Waals surface area contributed by atoms with Gasteiger partial charge in [-0.05, 0) is 69.4 Å². The third kappa shape index (κ3) is 3.15. The van der Waals surface area contributed by atoms with Gasteiger partial charge < -0.3 is 25.1 Å². The number of carboxylic acid groups (broad SMARTS) is 1. The van der Waals surface area contributed by atoms with Crippen molar-refractivity contribution in [1.29, 1.82) is 0 Å². The zero-order valence-corrected chi connectivity index (χ0v) is 15.8. The number of rotatable bonds is 2. The van der Waals surface area contributed by atoms with Gasteiger partial charge in [0.1, 0.15) is 0 Å². The van der Waals surface area contributed by atoms with Crippen molar-refractivity contribution in [2.45, 2.75) is 57.0 Å². The van der Waals surface area contributed by atoms with Crippen molar-refractivity contribution >= 4 is 12.1 Å². The molecule has 1 saturated carbocycles. The summed E-state index contributed by atoms with van der Waals surface area (Å²) in [5.41, 5.74) is 0.265. The molecular formula is C19H32N4O3. The van der Waals surface area contributed by atoms with Gasteiger partial charge in [0, 0.05) is 38.8 Å². The Kier molecular flexibility index (Phi) is 4.75. The van der Waals surface area contributed by atoms with Crippen LogP contribution in [0.4, 0.5) is 9.59 Å². The van der Waals surface area contributed by atoms with Gasteiger partial charge in [-0.1, -0.05) is 0 Å². The number of amides is 3. The fraction of sp³-hybridized carbons (Fsp3) is 0.895. The molecule has 3 amide bonds. The molecule has 3 aliphatic heterocycles. The number of urea groups is 1. The maximum absolute atomic E-state index is 12.1. The van der Waals surface area contributed by atoms with Gasteiger partial charge in [0.05, 0.1) is 0 Å². The zero-order chi connectivity index (χ0) is 18.3. The van der Waals surface area contributed by atoms with Gasteiger partial charge in [-0.3, -0.25) is 0 Å². The van der Waals surface area contributed by atoms with Crippen LogP contribution in [0.15, 0.2) is 0 Å². The highest BCUT2D eigenvalue weighted by molar-refractivity contribution is 5.74. The van der Waals surface area contributed by atoms with Crippen LogP contribution in [0.5, 0.6) is 0 Å². The largest absolute Gasteiger partial charge is 0.465 e. The van der Waals surface area contributed by atoms with Crippen LogP contribution in [-0.2, 0) is 0 Å². The Balaban J connectivity index is 1.25. The van der Waals surface area contributed by atoms with Gasteiger partial charge in [-0.2, -0.15) is 0 Å². The summed E-state index contributed by atoms with van der Waals surface area (Å²) in [6.45, 7) is 4.60. The number of carbonyl (C=O) groups excluding carboxylic acids is 1. The van der Waals surface area contributed by atoms with E-state index in [0.717, 1.165) is 58.3 Å². The first-order valence-corrected chi connectivity index (χ1v) is 10.2. The lowest BCUT2D eigenvalue weighted by molar-refractivity contribution is -0.0137. The van der Waals surface area contributed by atoms with Gasteiger partial charge in [0.2, 0.25) is 0 Å². The molecule has 3 heterocycles. The van der Waals surface area contributed by atoms with Crippen molar-refractivity contribution in [3.8, 4) is 0 Å². The topological polar surface area (TPSA) is 76.1 Å². The molecule has 2 N–H and O–H groups in total. The first-order chi connectivity index (χ1) is 12.5. The van der Waals surface area contributed by atoms with Crippen LogP contribution < -0.4 is 5.32 Å². The summed E-state index contributed by atoms with van der Waals surface area (Å²) in [6, 6.07) is 1.15. The van der Waals surface area contributed by atoms with E-state index in [2.05, 4.69) is 15.1 Å². The molecule has 4 fully saturated rings. The number of nitrogens with zero attached hydrogens (tertiary/aromatic N) is 3. The van der Waals surface area contributed by atoms with Crippen molar-refractivity contribution in [1.82, 2.24) is 20.0 Å². The molecule has 4 aliphatic rings. The Morgan fingerprint density at radius 3 is 2.42 bits per heavy atom. The standard InChI is InChI=1S/C19H32N4O3/c1-20-17(24)23-7-2-3-16(23)14-4-8-21(9-5-14)15-11-19(12-15)6-10-22(13-19)18(25)26/h14-16H,2-13H2,1H3,(H,20,24)(H,25,26)/t15?,16-,19?/m1/s1. The molecule has 0 bridgehead atoms. The van der Waals surface area contributed by atoms with E-state index in [1.165, 1.54) is 12.8 Å². The summed E-state index contributed by atoms with van der Waals surface area (Å²) >= 11 is 0. The van der Waals surface area contributed by atoms with Crippen molar-refractivity contribution < 1.29 is 14.7 Å². The second kappa shape index (κ2) is 6.91. The molecule has 0 unspecified atom stereocenters. The first kappa shape index (κ1) is 17.9. The Morgan fingerprint density at radius 2 is 1.81 bits per heavy atom. The first-order valence-electron chi connectivity index (χ1n) is 10.2. The van der Waals surface area contributed by atoms with Crippen LogP contribution in [-0.4, -0.2) is 83.8 Å². The van der Waals surface area contributed by atoms with Crippen LogP contribution in [0, 0.1) is 11.3 Å². The van der Waals surface area contributed by atoms with Gasteiger partial charge in [0.25, 0.3) is 0 Å². The number of piperidine rings is 1. The van der Waals surface area contributed by atoms with Crippen LogP contribution in [0.2, 0.25) is 0 Å². The molecule has 0 aromatic rings. The molecule has 1 aliphatic carbocycles. The summed E-state index contributed by atoms with van der Waals surface area (Å²) in [6.07, 6.45) is 7.24. The average molecular weight is 364 g/mol. The van der Waals surface area contributed by atoms with Gasteiger partial charge >= 0.3 is 12.1 Å². The molecule has 7 nitrogen and oxygen atoms in total. The average Bonchev–Trinajstić information content (AvgIpc) is 3.27. The van der Waals surface area contributed by atoms with E-state index in [1.807, 2.05) is 0 Å². The second-order valence-electron chi connectivity index (χ2n) is 8.85. The SMILES string of the molecule is CNC(=O)N1CCC[C@@H]1C1CCN(C2CC3(CCN(C(=O)O)C3)C2)CC1. The lowest BCUT2D eigenvalue weighted by Crippen LogP contribution is -2.55. The molecule has 26 heavy (non-hydrogen) atoms. The van der Waals surface area contributed by atoms with E-state index in [4.69, 9.17) is 0 Å². The Hall–Kier alpha value is -1.50. The highest BCUT2D eigenvalue weighted by atomic mass is 16.4. The predicted molar refractivity (Wildman–Crippen MR) is 98.2 cm³/mol. The Morgan fingerprint density at radius 1 is 1.08 bits per heavy atom. The number of hydrogen-bond acceptors (Lipinski definition) is 3. The molecule has 0 aromatic carbocycles. The molecular weight excluding hydrogens is 332 g/mol. The fourth-order valence-electron chi connectivity index (χ4n) is 5.98. The van der Waals surface area contributed by atoms with E-state index in [0.29, 0.717) is 24.5 Å². The summed E-state index contributed by atoms with van der Waals surface area (Å²) in [5, 5.41) is 12.0. The molecule has 146 valence electrons. The molecule has 4 rings (SSSR count). The number of carbonyl (C=O) groups is 2. The molecule has 0 radical (unpaired) electrons. The Labute approximate surface area is 155 Å². The second-order valence-corrected chi connectivity index (χ2v) is 8.85. The van der Waals surface area contributed by atoms with E-state index >= 15 is 0 Å². The van der Waals surface area contributed by atoms with Crippen LogP contribution in [0.25, 0.3) is 0 Å². The number of nitrogens with one attached hydrogen (secondary N) is 1. The summed E-state index contributed by atoms with van der Waals surface area (Å²) in [4.78, 5) is 29.5.